The van der Waals surface area contributed by atoms with Gasteiger partial charge in [0.15, 0.2) is 0 Å². The largest absolute Gasteiger partial charge is 0.334 e. The van der Waals surface area contributed by atoms with Gasteiger partial charge in [0.1, 0.15) is 23.1 Å². The van der Waals surface area contributed by atoms with Crippen molar-refractivity contribution in [3.8, 4) is 11.1 Å². The Labute approximate surface area is 152 Å². The number of rotatable bonds is 4. The third-order valence-electron chi connectivity index (χ3n) is 3.83. The Kier molecular flexibility index (Phi) is 4.60. The average Bonchev–Trinajstić information content (AvgIpc) is 2.81. The van der Waals surface area contributed by atoms with E-state index in [1.165, 1.54) is 22.9 Å². The maximum Gasteiger partial charge on any atom is 0.292 e. The van der Waals surface area contributed by atoms with Crippen LogP contribution in [0.25, 0.3) is 11.1 Å². The van der Waals surface area contributed by atoms with Crippen molar-refractivity contribution in [1.29, 1.82) is 0 Å². The second kappa shape index (κ2) is 6.72. The molecule has 0 fully saturated rings. The minimum absolute atomic E-state index is 0.0280. The van der Waals surface area contributed by atoms with Crippen molar-refractivity contribution in [2.45, 2.75) is 6.92 Å². The van der Waals surface area contributed by atoms with Gasteiger partial charge in [-0.2, -0.15) is 5.10 Å². The number of nitrogens with one attached hydrogen (secondary N) is 1. The Morgan fingerprint density at radius 1 is 1.23 bits per heavy atom. The van der Waals surface area contributed by atoms with E-state index in [1.807, 2.05) is 0 Å². The van der Waals surface area contributed by atoms with Crippen LogP contribution >= 0.6 is 11.6 Å². The maximum absolute atomic E-state index is 14.4. The highest BCUT2D eigenvalue weighted by Gasteiger charge is 2.23. The zero-order chi connectivity index (χ0) is 19.0. The fourth-order valence-electron chi connectivity index (χ4n) is 2.75. The maximum atomic E-state index is 14.4. The molecule has 0 spiro atoms. The summed E-state index contributed by atoms with van der Waals surface area (Å²) < 4.78 is 29.2. The van der Waals surface area contributed by atoms with Crippen molar-refractivity contribution in [2.24, 2.45) is 7.05 Å². The van der Waals surface area contributed by atoms with Crippen LogP contribution in [-0.4, -0.2) is 14.7 Å². The molecule has 0 aliphatic rings. The Morgan fingerprint density at radius 3 is 2.58 bits per heavy atom. The van der Waals surface area contributed by atoms with Crippen molar-refractivity contribution in [1.82, 2.24) is 9.78 Å². The normalized spacial score (nSPS) is 10.8. The summed E-state index contributed by atoms with van der Waals surface area (Å²) in [5, 5.41) is 18.2. The number of para-hydroxylation sites is 2. The summed E-state index contributed by atoms with van der Waals surface area (Å²) in [6.45, 7) is 1.64. The van der Waals surface area contributed by atoms with Crippen molar-refractivity contribution in [3.63, 3.8) is 0 Å². The summed E-state index contributed by atoms with van der Waals surface area (Å²) in [5.74, 6) is -1.35. The fraction of sp³-hybridized carbons (Fsp3) is 0.118. The van der Waals surface area contributed by atoms with E-state index in [1.54, 1.807) is 20.0 Å². The summed E-state index contributed by atoms with van der Waals surface area (Å²) >= 11 is 6.05. The number of hydrogen-bond donors (Lipinski definition) is 1. The van der Waals surface area contributed by atoms with Crippen LogP contribution in [0.1, 0.15) is 5.69 Å². The van der Waals surface area contributed by atoms with E-state index in [0.29, 0.717) is 17.1 Å². The molecule has 0 radical (unpaired) electrons. The van der Waals surface area contributed by atoms with Gasteiger partial charge in [-0.3, -0.25) is 14.8 Å². The third-order valence-corrected chi connectivity index (χ3v) is 4.13. The Hall–Kier alpha value is -3.00. The van der Waals surface area contributed by atoms with Gasteiger partial charge in [-0.15, -0.1) is 0 Å². The molecule has 0 saturated heterocycles. The van der Waals surface area contributed by atoms with Gasteiger partial charge < -0.3 is 5.32 Å². The molecule has 26 heavy (non-hydrogen) atoms. The number of hydrogen-bond acceptors (Lipinski definition) is 4. The predicted molar refractivity (Wildman–Crippen MR) is 94.7 cm³/mol. The van der Waals surface area contributed by atoms with Crippen LogP contribution in [-0.2, 0) is 7.05 Å². The number of nitro benzene ring substituents is 1. The highest BCUT2D eigenvalue weighted by atomic mass is 35.5. The van der Waals surface area contributed by atoms with Crippen molar-refractivity contribution in [2.75, 3.05) is 5.32 Å². The van der Waals surface area contributed by atoms with Crippen molar-refractivity contribution >= 4 is 28.8 Å². The molecule has 1 aromatic heterocycles. The number of anilines is 2. The van der Waals surface area contributed by atoms with Crippen LogP contribution in [0.3, 0.4) is 0 Å². The molecule has 3 aromatic rings. The lowest BCUT2D eigenvalue weighted by Gasteiger charge is -2.12. The van der Waals surface area contributed by atoms with Crippen LogP contribution in [0.2, 0.25) is 5.02 Å². The smallest absolute Gasteiger partial charge is 0.292 e. The minimum atomic E-state index is -0.850. The molecule has 134 valence electrons. The molecular weight excluding hydrogens is 366 g/mol. The molecule has 0 aliphatic heterocycles. The number of nitrogens with zero attached hydrogens (tertiary/aromatic N) is 3. The fourth-order valence-corrected chi connectivity index (χ4v) is 3.04. The van der Waals surface area contributed by atoms with E-state index in [4.69, 9.17) is 11.6 Å². The van der Waals surface area contributed by atoms with E-state index >= 15 is 0 Å². The van der Waals surface area contributed by atoms with E-state index in [-0.39, 0.29) is 22.0 Å². The first kappa shape index (κ1) is 17.8. The first-order chi connectivity index (χ1) is 12.3. The summed E-state index contributed by atoms with van der Waals surface area (Å²) in [6, 6.07) is 7.76. The molecule has 0 unspecified atom stereocenters. The molecule has 1 N–H and O–H groups in total. The molecule has 0 saturated carbocycles. The van der Waals surface area contributed by atoms with E-state index in [0.717, 1.165) is 12.1 Å². The molecule has 0 amide bonds. The van der Waals surface area contributed by atoms with Crippen LogP contribution in [0.15, 0.2) is 36.4 Å². The Morgan fingerprint density at radius 2 is 1.92 bits per heavy atom. The monoisotopic (exact) mass is 378 g/mol. The lowest BCUT2D eigenvalue weighted by Crippen LogP contribution is -2.03. The lowest BCUT2D eigenvalue weighted by atomic mass is 10.0. The van der Waals surface area contributed by atoms with Gasteiger partial charge in [-0.1, -0.05) is 23.7 Å². The van der Waals surface area contributed by atoms with Crippen LogP contribution in [0, 0.1) is 28.7 Å². The van der Waals surface area contributed by atoms with E-state index in [9.17, 15) is 18.9 Å². The number of aryl methyl sites for hydroxylation is 2. The predicted octanol–water partition coefficient (Wildman–Crippen LogP) is 4.98. The van der Waals surface area contributed by atoms with Crippen molar-refractivity contribution < 1.29 is 13.7 Å². The van der Waals surface area contributed by atoms with Crippen LogP contribution in [0.4, 0.5) is 26.0 Å². The summed E-state index contributed by atoms with van der Waals surface area (Å²) in [6.07, 6.45) is 0. The summed E-state index contributed by atoms with van der Waals surface area (Å²) in [5.41, 5.74) is 0.761. The Bertz CT molecular complexity index is 997. The third kappa shape index (κ3) is 3.11. The quantitative estimate of drug-likeness (QED) is 0.513. The van der Waals surface area contributed by atoms with E-state index < -0.39 is 16.6 Å². The van der Waals surface area contributed by atoms with Crippen LogP contribution < -0.4 is 5.32 Å². The van der Waals surface area contributed by atoms with Gasteiger partial charge in [0.25, 0.3) is 5.69 Å². The number of nitro groups is 1. The van der Waals surface area contributed by atoms with Gasteiger partial charge in [0, 0.05) is 24.7 Å². The van der Waals surface area contributed by atoms with Gasteiger partial charge in [0.05, 0.1) is 21.2 Å². The zero-order valence-electron chi connectivity index (χ0n) is 13.8. The van der Waals surface area contributed by atoms with Crippen molar-refractivity contribution in [3.05, 3.63) is 68.9 Å². The molecule has 0 atom stereocenters. The first-order valence-electron chi connectivity index (χ1n) is 7.48. The topological polar surface area (TPSA) is 73.0 Å². The molecular formula is C17H13ClF2N4O2. The second-order valence-electron chi connectivity index (χ2n) is 5.58. The van der Waals surface area contributed by atoms with Gasteiger partial charge >= 0.3 is 0 Å². The Balaban J connectivity index is 2.19. The van der Waals surface area contributed by atoms with Crippen LogP contribution in [0.5, 0.6) is 0 Å². The van der Waals surface area contributed by atoms with E-state index in [2.05, 4.69) is 10.4 Å². The lowest BCUT2D eigenvalue weighted by molar-refractivity contribution is -0.383. The molecule has 6 nitrogen and oxygen atoms in total. The first-order valence-corrected chi connectivity index (χ1v) is 7.86. The molecule has 0 bridgehead atoms. The zero-order valence-corrected chi connectivity index (χ0v) is 14.5. The molecule has 0 aliphatic carbocycles. The summed E-state index contributed by atoms with van der Waals surface area (Å²) in [4.78, 5) is 10.7. The number of benzene rings is 2. The van der Waals surface area contributed by atoms with Gasteiger partial charge in [0.2, 0.25) is 0 Å². The molecule has 3 rings (SSSR count). The highest BCUT2D eigenvalue weighted by molar-refractivity contribution is 6.33. The average molecular weight is 379 g/mol. The number of halogens is 3. The standard InChI is InChI=1S/C17H13ClF2N4O2/c1-9-15(16-11(18)7-10(19)8-12(16)20)17(23(2)22-9)21-13-5-3-4-6-14(13)24(25)26/h3-8,21H,1-2H3. The van der Waals surface area contributed by atoms with Gasteiger partial charge in [-0.05, 0) is 19.1 Å². The van der Waals surface area contributed by atoms with Gasteiger partial charge in [-0.25, -0.2) is 8.78 Å². The molecule has 1 heterocycles. The summed E-state index contributed by atoms with van der Waals surface area (Å²) in [7, 11) is 1.60. The molecule has 9 heteroatoms. The minimum Gasteiger partial charge on any atom is -0.334 e. The second-order valence-corrected chi connectivity index (χ2v) is 5.98. The highest BCUT2D eigenvalue weighted by Crippen LogP contribution is 2.40. The number of aromatic nitrogens is 2. The SMILES string of the molecule is Cc1nn(C)c(Nc2ccccc2[N+](=O)[O-])c1-c1c(F)cc(F)cc1Cl. The molecule has 2 aromatic carbocycles.